The van der Waals surface area contributed by atoms with E-state index in [2.05, 4.69) is 0 Å². The largest absolute Gasteiger partial charge is 0.456 e. The number of benzene rings is 2. The Balaban J connectivity index is 1.95. The second-order valence-electron chi connectivity index (χ2n) is 7.79. The number of esters is 2. The maximum Gasteiger partial charge on any atom is 0.303 e. The Morgan fingerprint density at radius 2 is 1.69 bits per heavy atom. The fraction of sp³-hybridized carbons (Fsp3) is 0.417. The fourth-order valence-corrected chi connectivity index (χ4v) is 4.65. The Morgan fingerprint density at radius 1 is 1.06 bits per heavy atom. The predicted octanol–water partition coefficient (Wildman–Crippen LogP) is 4.22. The van der Waals surface area contributed by atoms with Crippen molar-refractivity contribution in [1.82, 2.24) is 0 Å². The third-order valence-corrected chi connectivity index (χ3v) is 6.46. The second kappa shape index (κ2) is 10.7. The molecule has 3 rings (SSSR count). The number of aryl methyl sites for hydroxylation is 1. The molecule has 0 saturated carbocycles. The number of aliphatic hydroxyl groups is 1. The summed E-state index contributed by atoms with van der Waals surface area (Å²) in [4.78, 5) is 23.4. The maximum atomic E-state index is 11.8. The van der Waals surface area contributed by atoms with Crippen molar-refractivity contribution >= 4 is 35.3 Å². The van der Waals surface area contributed by atoms with Gasteiger partial charge in [-0.2, -0.15) is 0 Å². The molecule has 0 bridgehead atoms. The van der Waals surface area contributed by atoms with E-state index in [9.17, 15) is 14.7 Å². The maximum absolute atomic E-state index is 11.8. The van der Waals surface area contributed by atoms with Crippen LogP contribution in [0.5, 0.6) is 0 Å². The molecule has 1 N–H and O–H groups in total. The molecule has 8 heteroatoms. The summed E-state index contributed by atoms with van der Waals surface area (Å²) in [6.45, 7) is 4.56. The van der Waals surface area contributed by atoms with E-state index < -0.39 is 41.8 Å². The topological polar surface area (TPSA) is 82.1 Å². The van der Waals surface area contributed by atoms with E-state index in [-0.39, 0.29) is 0 Å². The van der Waals surface area contributed by atoms with Crippen LogP contribution in [0.2, 0.25) is 5.02 Å². The zero-order valence-electron chi connectivity index (χ0n) is 18.4. The Hall–Kier alpha value is -2.06. The number of carbonyl (C=O) groups excluding carboxylic acids is 2. The quantitative estimate of drug-likeness (QED) is 0.622. The summed E-state index contributed by atoms with van der Waals surface area (Å²) in [5.41, 5.74) is 3.43. The average molecular weight is 479 g/mol. The molecule has 172 valence electrons. The summed E-state index contributed by atoms with van der Waals surface area (Å²) in [6.07, 6.45) is -1.44. The molecule has 0 radical (unpaired) electrons. The first-order valence-electron chi connectivity index (χ1n) is 10.2. The van der Waals surface area contributed by atoms with Crippen LogP contribution >= 0.6 is 23.4 Å². The smallest absolute Gasteiger partial charge is 0.303 e. The number of aliphatic hydroxyl groups excluding tert-OH is 1. The summed E-state index contributed by atoms with van der Waals surface area (Å²) >= 11 is 7.32. The van der Waals surface area contributed by atoms with Crippen LogP contribution in [0.4, 0.5) is 0 Å². The van der Waals surface area contributed by atoms with Gasteiger partial charge in [0.05, 0.1) is 0 Å². The molecule has 1 heterocycles. The SMILES string of the molecule is CSC1OC(c2ccc(C)c(Cc3ccc(Cl)cc3)c2)C(OC(C)=O)C(O)C1OC(C)=O. The number of rotatable bonds is 6. The molecule has 32 heavy (non-hydrogen) atoms. The van der Waals surface area contributed by atoms with Crippen LogP contribution in [0.3, 0.4) is 0 Å². The van der Waals surface area contributed by atoms with Gasteiger partial charge < -0.3 is 19.3 Å². The van der Waals surface area contributed by atoms with Crippen molar-refractivity contribution in [2.75, 3.05) is 6.26 Å². The van der Waals surface area contributed by atoms with Gasteiger partial charge in [-0.1, -0.05) is 41.9 Å². The van der Waals surface area contributed by atoms with E-state index in [1.807, 2.05) is 49.4 Å². The van der Waals surface area contributed by atoms with Crippen LogP contribution in [0.15, 0.2) is 42.5 Å². The zero-order chi connectivity index (χ0) is 23.4. The number of thioether (sulfide) groups is 1. The van der Waals surface area contributed by atoms with Crippen LogP contribution in [-0.4, -0.2) is 47.0 Å². The van der Waals surface area contributed by atoms with Gasteiger partial charge in [-0.3, -0.25) is 9.59 Å². The Bertz CT molecular complexity index is 963. The molecule has 1 aliphatic rings. The van der Waals surface area contributed by atoms with E-state index in [0.29, 0.717) is 11.4 Å². The highest BCUT2D eigenvalue weighted by Gasteiger charge is 2.49. The first-order valence-corrected chi connectivity index (χ1v) is 11.9. The number of halogens is 1. The number of carbonyl (C=O) groups is 2. The first kappa shape index (κ1) is 24.6. The summed E-state index contributed by atoms with van der Waals surface area (Å²) in [5, 5.41) is 11.7. The van der Waals surface area contributed by atoms with Crippen molar-refractivity contribution in [1.29, 1.82) is 0 Å². The van der Waals surface area contributed by atoms with Crippen molar-refractivity contribution in [3.05, 3.63) is 69.7 Å². The van der Waals surface area contributed by atoms with Gasteiger partial charge in [-0.15, -0.1) is 11.8 Å². The van der Waals surface area contributed by atoms with E-state index in [1.54, 1.807) is 6.26 Å². The molecule has 0 amide bonds. The monoisotopic (exact) mass is 478 g/mol. The summed E-state index contributed by atoms with van der Waals surface area (Å²) in [5.74, 6) is -1.10. The Labute approximate surface area is 197 Å². The lowest BCUT2D eigenvalue weighted by atomic mass is 9.90. The summed E-state index contributed by atoms with van der Waals surface area (Å²) in [7, 11) is 0. The number of hydrogen-bond donors (Lipinski definition) is 1. The van der Waals surface area contributed by atoms with Gasteiger partial charge in [0.25, 0.3) is 0 Å². The van der Waals surface area contributed by atoms with Crippen molar-refractivity contribution in [2.24, 2.45) is 0 Å². The third kappa shape index (κ3) is 5.84. The van der Waals surface area contributed by atoms with Crippen molar-refractivity contribution in [2.45, 2.75) is 57.0 Å². The van der Waals surface area contributed by atoms with Gasteiger partial charge in [0.15, 0.2) is 12.2 Å². The molecule has 1 aliphatic heterocycles. The zero-order valence-corrected chi connectivity index (χ0v) is 20.0. The molecule has 6 nitrogen and oxygen atoms in total. The van der Waals surface area contributed by atoms with Gasteiger partial charge in [0, 0.05) is 18.9 Å². The summed E-state index contributed by atoms with van der Waals surface area (Å²) < 4.78 is 17.0. The van der Waals surface area contributed by atoms with Crippen molar-refractivity contribution in [3.63, 3.8) is 0 Å². The minimum atomic E-state index is -1.24. The molecule has 5 atom stereocenters. The minimum Gasteiger partial charge on any atom is -0.456 e. The minimum absolute atomic E-state index is 0.544. The molecule has 2 aromatic rings. The van der Waals surface area contributed by atoms with E-state index in [1.165, 1.54) is 25.6 Å². The molecular formula is C24H27ClO6S. The normalized spacial score (nSPS) is 25.2. The van der Waals surface area contributed by atoms with Crippen LogP contribution < -0.4 is 0 Å². The van der Waals surface area contributed by atoms with Gasteiger partial charge in [-0.05, 0) is 54.0 Å². The van der Waals surface area contributed by atoms with E-state index in [4.69, 9.17) is 25.8 Å². The lowest BCUT2D eigenvalue weighted by Gasteiger charge is -2.43. The molecular weight excluding hydrogens is 452 g/mol. The third-order valence-electron chi connectivity index (χ3n) is 5.37. The molecule has 2 aromatic carbocycles. The van der Waals surface area contributed by atoms with Crippen LogP contribution in [0.1, 0.15) is 42.2 Å². The van der Waals surface area contributed by atoms with E-state index >= 15 is 0 Å². The molecule has 0 aliphatic carbocycles. The fourth-order valence-electron chi connectivity index (χ4n) is 3.81. The van der Waals surface area contributed by atoms with E-state index in [0.717, 1.165) is 22.3 Å². The highest BCUT2D eigenvalue weighted by Crippen LogP contribution is 2.39. The summed E-state index contributed by atoms with van der Waals surface area (Å²) in [6, 6.07) is 13.5. The second-order valence-corrected chi connectivity index (χ2v) is 9.16. The molecule has 1 saturated heterocycles. The van der Waals surface area contributed by atoms with Gasteiger partial charge in [0.2, 0.25) is 0 Å². The Morgan fingerprint density at radius 3 is 2.28 bits per heavy atom. The number of hydrogen-bond acceptors (Lipinski definition) is 7. The molecule has 1 fully saturated rings. The number of ether oxygens (including phenoxy) is 3. The standard InChI is InChI=1S/C24H27ClO6S/c1-13-5-8-17(12-18(13)11-16-6-9-19(25)10-7-16)21-22(29-14(2)26)20(28)23(30-15(3)27)24(31-21)32-4/h5-10,12,20-24,28H,11H2,1-4H3. The molecule has 0 spiro atoms. The molecule has 5 unspecified atom stereocenters. The van der Waals surface area contributed by atoms with Gasteiger partial charge in [0.1, 0.15) is 17.6 Å². The highest BCUT2D eigenvalue weighted by molar-refractivity contribution is 7.99. The average Bonchev–Trinajstić information content (AvgIpc) is 2.74. The predicted molar refractivity (Wildman–Crippen MR) is 124 cm³/mol. The Kier molecular flexibility index (Phi) is 8.22. The van der Waals surface area contributed by atoms with Crippen LogP contribution in [0.25, 0.3) is 0 Å². The highest BCUT2D eigenvalue weighted by atomic mass is 35.5. The van der Waals surface area contributed by atoms with Crippen LogP contribution in [-0.2, 0) is 30.2 Å². The van der Waals surface area contributed by atoms with Gasteiger partial charge in [-0.25, -0.2) is 0 Å². The lowest BCUT2D eigenvalue weighted by Crippen LogP contribution is -2.55. The van der Waals surface area contributed by atoms with Crippen LogP contribution in [0, 0.1) is 6.92 Å². The van der Waals surface area contributed by atoms with Crippen molar-refractivity contribution < 1.29 is 28.9 Å². The van der Waals surface area contributed by atoms with Gasteiger partial charge >= 0.3 is 11.9 Å². The van der Waals surface area contributed by atoms with Crippen molar-refractivity contribution in [3.8, 4) is 0 Å². The lowest BCUT2D eigenvalue weighted by molar-refractivity contribution is -0.224. The first-order chi connectivity index (χ1) is 15.2. The molecule has 0 aromatic heterocycles.